The first-order valence-corrected chi connectivity index (χ1v) is 4.89. The Morgan fingerprint density at radius 2 is 2.00 bits per heavy atom. The molecule has 0 bridgehead atoms. The van der Waals surface area contributed by atoms with Crippen molar-refractivity contribution in [3.8, 4) is 23.1 Å². The highest BCUT2D eigenvalue weighted by atomic mass is 16.5. The fourth-order valence-electron chi connectivity index (χ4n) is 1.32. The zero-order chi connectivity index (χ0) is 12.3. The van der Waals surface area contributed by atoms with E-state index >= 15 is 0 Å². The van der Waals surface area contributed by atoms with Crippen LogP contribution in [0.25, 0.3) is 11.3 Å². The van der Waals surface area contributed by atoms with Gasteiger partial charge in [0.1, 0.15) is 0 Å². The number of rotatable bonds is 3. The van der Waals surface area contributed by atoms with Crippen molar-refractivity contribution in [1.29, 1.82) is 0 Å². The van der Waals surface area contributed by atoms with Crippen molar-refractivity contribution in [2.75, 3.05) is 14.2 Å². The molecule has 6 nitrogen and oxygen atoms in total. The van der Waals surface area contributed by atoms with Gasteiger partial charge in [-0.1, -0.05) is 0 Å². The number of aromatic amines is 1. The highest BCUT2D eigenvalue weighted by Gasteiger charge is 2.07. The lowest BCUT2D eigenvalue weighted by Crippen LogP contribution is -2.02. The van der Waals surface area contributed by atoms with Gasteiger partial charge in [-0.3, -0.25) is 4.79 Å². The number of nitrogens with zero attached hydrogens (tertiary/aromatic N) is 2. The molecule has 0 radical (unpaired) electrons. The van der Waals surface area contributed by atoms with E-state index in [4.69, 9.17) is 9.47 Å². The molecular formula is C11H11N3O3. The molecule has 88 valence electrons. The summed E-state index contributed by atoms with van der Waals surface area (Å²) < 4.78 is 10.0. The Hall–Kier alpha value is -2.37. The Balaban J connectivity index is 2.50. The van der Waals surface area contributed by atoms with E-state index in [1.54, 1.807) is 18.3 Å². The quantitative estimate of drug-likeness (QED) is 0.850. The molecule has 0 saturated carbocycles. The number of hydrogen-bond donors (Lipinski definition) is 1. The molecule has 2 heterocycles. The molecule has 0 spiro atoms. The topological polar surface area (TPSA) is 77.1 Å². The van der Waals surface area contributed by atoms with Crippen LogP contribution in [0.15, 0.2) is 29.2 Å². The molecule has 2 aromatic rings. The first-order chi connectivity index (χ1) is 8.22. The molecule has 6 heteroatoms. The van der Waals surface area contributed by atoms with Crippen LogP contribution in [0.1, 0.15) is 0 Å². The Morgan fingerprint density at radius 1 is 1.18 bits per heavy atom. The lowest BCUT2D eigenvalue weighted by molar-refractivity contribution is 0.353. The van der Waals surface area contributed by atoms with E-state index in [0.29, 0.717) is 11.6 Å². The van der Waals surface area contributed by atoms with Crippen LogP contribution in [0.3, 0.4) is 0 Å². The maximum absolute atomic E-state index is 11.0. The molecule has 17 heavy (non-hydrogen) atoms. The molecule has 0 aliphatic heterocycles. The van der Waals surface area contributed by atoms with Gasteiger partial charge in [-0.15, -0.1) is 0 Å². The molecular weight excluding hydrogens is 222 g/mol. The molecule has 0 aliphatic carbocycles. The standard InChI is InChI=1S/C11H11N3O3/c1-16-10-5-8(13-11(14-10)17-2)7-3-4-9(15)12-6-7/h3-6H,1-2H3,(H,12,15). The van der Waals surface area contributed by atoms with E-state index < -0.39 is 0 Å². The molecule has 0 saturated heterocycles. The fourth-order valence-corrected chi connectivity index (χ4v) is 1.32. The molecule has 0 aliphatic rings. The molecule has 1 N–H and O–H groups in total. The first kappa shape index (κ1) is 11.1. The third-order valence-corrected chi connectivity index (χ3v) is 2.15. The van der Waals surface area contributed by atoms with Gasteiger partial charge in [0.2, 0.25) is 11.4 Å². The second-order valence-electron chi connectivity index (χ2n) is 3.22. The number of ether oxygens (including phenoxy) is 2. The Kier molecular flexibility index (Phi) is 3.04. The van der Waals surface area contributed by atoms with Crippen LogP contribution in [0.2, 0.25) is 0 Å². The van der Waals surface area contributed by atoms with Crippen molar-refractivity contribution in [3.05, 3.63) is 34.7 Å². The number of methoxy groups -OCH3 is 2. The highest BCUT2D eigenvalue weighted by Crippen LogP contribution is 2.21. The fraction of sp³-hybridized carbons (Fsp3) is 0.182. The van der Waals surface area contributed by atoms with Crippen molar-refractivity contribution < 1.29 is 9.47 Å². The van der Waals surface area contributed by atoms with E-state index in [1.165, 1.54) is 20.3 Å². The van der Waals surface area contributed by atoms with Crippen molar-refractivity contribution in [3.63, 3.8) is 0 Å². The van der Waals surface area contributed by atoms with Crippen LogP contribution in [-0.4, -0.2) is 29.2 Å². The summed E-state index contributed by atoms with van der Waals surface area (Å²) in [6.07, 6.45) is 1.57. The molecule has 0 atom stereocenters. The minimum atomic E-state index is -0.165. The Labute approximate surface area is 97.3 Å². The minimum absolute atomic E-state index is 0.165. The average Bonchev–Trinajstić information content (AvgIpc) is 2.39. The van der Waals surface area contributed by atoms with Crippen LogP contribution < -0.4 is 15.0 Å². The summed E-state index contributed by atoms with van der Waals surface area (Å²) in [5.41, 5.74) is 1.20. The van der Waals surface area contributed by atoms with Gasteiger partial charge in [-0.05, 0) is 6.07 Å². The third kappa shape index (κ3) is 2.41. The minimum Gasteiger partial charge on any atom is -0.481 e. The van der Waals surface area contributed by atoms with Gasteiger partial charge >= 0.3 is 6.01 Å². The Morgan fingerprint density at radius 3 is 2.59 bits per heavy atom. The van der Waals surface area contributed by atoms with Gasteiger partial charge in [0, 0.05) is 23.9 Å². The summed E-state index contributed by atoms with van der Waals surface area (Å²) in [5.74, 6) is 0.401. The summed E-state index contributed by atoms with van der Waals surface area (Å²) in [6, 6.07) is 4.97. The summed E-state index contributed by atoms with van der Waals surface area (Å²) >= 11 is 0. The maximum atomic E-state index is 11.0. The van der Waals surface area contributed by atoms with Crippen LogP contribution >= 0.6 is 0 Å². The number of aromatic nitrogens is 3. The van der Waals surface area contributed by atoms with Gasteiger partial charge < -0.3 is 14.5 Å². The van der Waals surface area contributed by atoms with E-state index in [-0.39, 0.29) is 11.6 Å². The van der Waals surface area contributed by atoms with Gasteiger partial charge in [-0.2, -0.15) is 9.97 Å². The smallest absolute Gasteiger partial charge is 0.320 e. The van der Waals surface area contributed by atoms with Gasteiger partial charge in [-0.25, -0.2) is 0 Å². The molecule has 0 amide bonds. The first-order valence-electron chi connectivity index (χ1n) is 4.89. The third-order valence-electron chi connectivity index (χ3n) is 2.15. The van der Waals surface area contributed by atoms with E-state index in [1.807, 2.05) is 0 Å². The maximum Gasteiger partial charge on any atom is 0.320 e. The molecule has 2 rings (SSSR count). The largest absolute Gasteiger partial charge is 0.481 e. The van der Waals surface area contributed by atoms with Gasteiger partial charge in [0.25, 0.3) is 0 Å². The van der Waals surface area contributed by atoms with Gasteiger partial charge in [0.15, 0.2) is 0 Å². The van der Waals surface area contributed by atoms with E-state index in [9.17, 15) is 4.79 Å². The monoisotopic (exact) mass is 233 g/mol. The second-order valence-corrected chi connectivity index (χ2v) is 3.22. The predicted octanol–water partition coefficient (Wildman–Crippen LogP) is 0.849. The van der Waals surface area contributed by atoms with Crippen LogP contribution in [0, 0.1) is 0 Å². The summed E-state index contributed by atoms with van der Waals surface area (Å²) in [5, 5.41) is 0. The van der Waals surface area contributed by atoms with E-state index in [2.05, 4.69) is 15.0 Å². The van der Waals surface area contributed by atoms with Crippen LogP contribution in [0.5, 0.6) is 11.9 Å². The van der Waals surface area contributed by atoms with Crippen molar-refractivity contribution in [1.82, 2.24) is 15.0 Å². The Bertz CT molecular complexity index is 538. The van der Waals surface area contributed by atoms with Gasteiger partial charge in [0.05, 0.1) is 19.9 Å². The van der Waals surface area contributed by atoms with E-state index in [0.717, 1.165) is 5.56 Å². The highest BCUT2D eigenvalue weighted by molar-refractivity contribution is 5.58. The number of hydrogen-bond acceptors (Lipinski definition) is 5. The van der Waals surface area contributed by atoms with Crippen molar-refractivity contribution in [2.24, 2.45) is 0 Å². The zero-order valence-corrected chi connectivity index (χ0v) is 9.43. The lowest BCUT2D eigenvalue weighted by Gasteiger charge is -2.05. The summed E-state index contributed by atoms with van der Waals surface area (Å²) in [4.78, 5) is 21.7. The molecule has 0 fully saturated rings. The lowest BCUT2D eigenvalue weighted by atomic mass is 10.2. The van der Waals surface area contributed by atoms with Crippen LogP contribution in [-0.2, 0) is 0 Å². The molecule has 0 unspecified atom stereocenters. The van der Waals surface area contributed by atoms with Crippen molar-refractivity contribution in [2.45, 2.75) is 0 Å². The van der Waals surface area contributed by atoms with Crippen LogP contribution in [0.4, 0.5) is 0 Å². The predicted molar refractivity (Wildman–Crippen MR) is 61.2 cm³/mol. The zero-order valence-electron chi connectivity index (χ0n) is 9.43. The average molecular weight is 233 g/mol. The summed E-state index contributed by atoms with van der Waals surface area (Å²) in [6.45, 7) is 0. The number of H-pyrrole nitrogens is 1. The SMILES string of the molecule is COc1cc(-c2ccc(=O)[nH]c2)nc(OC)n1. The van der Waals surface area contributed by atoms with Crippen molar-refractivity contribution >= 4 is 0 Å². The normalized spacial score (nSPS) is 10.0. The number of pyridine rings is 1. The molecule has 0 aromatic carbocycles. The number of nitrogens with one attached hydrogen (secondary N) is 1. The summed E-state index contributed by atoms with van der Waals surface area (Å²) in [7, 11) is 2.99. The molecule has 2 aromatic heterocycles. The second kappa shape index (κ2) is 4.65.